The minimum absolute atomic E-state index is 0.0375. The van der Waals surface area contributed by atoms with Gasteiger partial charge in [0.2, 0.25) is 0 Å². The molecule has 27 heavy (non-hydrogen) atoms. The van der Waals surface area contributed by atoms with Gasteiger partial charge in [0.05, 0.1) is 30.5 Å². The van der Waals surface area contributed by atoms with E-state index >= 15 is 0 Å². The number of ketones is 1. The first-order valence-electron chi connectivity index (χ1n) is 8.53. The van der Waals surface area contributed by atoms with Crippen LogP contribution in [0.2, 0.25) is 0 Å². The number of carbonyl (C=O) groups is 3. The molecule has 0 aromatic heterocycles. The second kappa shape index (κ2) is 9.38. The first kappa shape index (κ1) is 20.0. The summed E-state index contributed by atoms with van der Waals surface area (Å²) in [7, 11) is 1.48. The molecule has 0 atom stereocenters. The number of rotatable bonds is 7. The van der Waals surface area contributed by atoms with Crippen molar-refractivity contribution in [2.45, 2.75) is 19.9 Å². The minimum atomic E-state index is -0.460. The number of urea groups is 1. The lowest BCUT2D eigenvalue weighted by Gasteiger charge is -2.13. The Labute approximate surface area is 158 Å². The number of para-hydroxylation sites is 2. The lowest BCUT2D eigenvalue weighted by Crippen LogP contribution is -2.35. The highest BCUT2D eigenvalue weighted by molar-refractivity contribution is 6.06. The average molecular weight is 369 g/mol. The van der Waals surface area contributed by atoms with Gasteiger partial charge in [0, 0.05) is 6.04 Å². The van der Waals surface area contributed by atoms with Crippen LogP contribution in [0.1, 0.15) is 34.6 Å². The molecule has 0 aliphatic heterocycles. The molecule has 0 aliphatic rings. The first-order chi connectivity index (χ1) is 12.9. The van der Waals surface area contributed by atoms with Crippen LogP contribution in [0.4, 0.5) is 10.5 Å². The standard InChI is InChI=1S/C20H23N3O4/c1-13(2)22-20(26)23-16-10-6-4-8-14(16)19(25)21-12-17(24)15-9-5-7-11-18(15)27-3/h4-11,13H,12H2,1-3H3,(H,21,25)(H2,22,23,26). The summed E-state index contributed by atoms with van der Waals surface area (Å²) in [6.07, 6.45) is 0. The van der Waals surface area contributed by atoms with Crippen molar-refractivity contribution < 1.29 is 19.1 Å². The van der Waals surface area contributed by atoms with E-state index in [0.29, 0.717) is 17.0 Å². The topological polar surface area (TPSA) is 96.5 Å². The summed E-state index contributed by atoms with van der Waals surface area (Å²) in [4.78, 5) is 36.8. The minimum Gasteiger partial charge on any atom is -0.496 e. The fraction of sp³-hybridized carbons (Fsp3) is 0.250. The lowest BCUT2D eigenvalue weighted by molar-refractivity contribution is 0.0903. The molecule has 2 rings (SSSR count). The van der Waals surface area contributed by atoms with Crippen LogP contribution in [0.15, 0.2) is 48.5 Å². The van der Waals surface area contributed by atoms with Crippen LogP contribution in [-0.2, 0) is 0 Å². The maximum absolute atomic E-state index is 12.5. The van der Waals surface area contributed by atoms with Crippen LogP contribution in [0.3, 0.4) is 0 Å². The molecule has 3 N–H and O–H groups in total. The van der Waals surface area contributed by atoms with E-state index in [4.69, 9.17) is 4.74 Å². The molecule has 0 saturated heterocycles. The molecule has 0 fully saturated rings. The molecule has 3 amide bonds. The van der Waals surface area contributed by atoms with Crippen molar-refractivity contribution in [3.8, 4) is 5.75 Å². The highest BCUT2D eigenvalue weighted by atomic mass is 16.5. The zero-order valence-electron chi connectivity index (χ0n) is 15.5. The van der Waals surface area contributed by atoms with Gasteiger partial charge < -0.3 is 20.7 Å². The first-order valence-corrected chi connectivity index (χ1v) is 8.53. The van der Waals surface area contributed by atoms with Gasteiger partial charge in [-0.3, -0.25) is 9.59 Å². The van der Waals surface area contributed by atoms with E-state index in [1.165, 1.54) is 7.11 Å². The third kappa shape index (κ3) is 5.57. The second-order valence-corrected chi connectivity index (χ2v) is 6.10. The zero-order valence-corrected chi connectivity index (χ0v) is 15.5. The molecule has 0 aliphatic carbocycles. The molecule has 0 saturated carbocycles. The Morgan fingerprint density at radius 2 is 1.59 bits per heavy atom. The highest BCUT2D eigenvalue weighted by Crippen LogP contribution is 2.18. The van der Waals surface area contributed by atoms with E-state index in [-0.39, 0.29) is 23.9 Å². The molecule has 2 aromatic carbocycles. The number of nitrogens with one attached hydrogen (secondary N) is 3. The van der Waals surface area contributed by atoms with E-state index in [1.807, 2.05) is 13.8 Å². The molecular formula is C20H23N3O4. The average Bonchev–Trinajstić information content (AvgIpc) is 2.65. The number of anilines is 1. The number of hydrogen-bond donors (Lipinski definition) is 3. The number of benzene rings is 2. The largest absolute Gasteiger partial charge is 0.496 e. The van der Waals surface area contributed by atoms with Crippen LogP contribution >= 0.6 is 0 Å². The normalized spacial score (nSPS) is 10.2. The molecule has 7 nitrogen and oxygen atoms in total. The smallest absolute Gasteiger partial charge is 0.319 e. The van der Waals surface area contributed by atoms with Gasteiger partial charge in [-0.2, -0.15) is 0 Å². The Morgan fingerprint density at radius 1 is 0.963 bits per heavy atom. The van der Waals surface area contributed by atoms with Gasteiger partial charge in [-0.05, 0) is 38.1 Å². The summed E-state index contributed by atoms with van der Waals surface area (Å²) in [5.74, 6) is -0.286. The van der Waals surface area contributed by atoms with E-state index in [9.17, 15) is 14.4 Å². The summed E-state index contributed by atoms with van der Waals surface area (Å²) < 4.78 is 5.16. The van der Waals surface area contributed by atoms with Crippen LogP contribution < -0.4 is 20.7 Å². The number of amides is 3. The molecule has 7 heteroatoms. The predicted octanol–water partition coefficient (Wildman–Crippen LogP) is 2.84. The molecular weight excluding hydrogens is 346 g/mol. The maximum atomic E-state index is 12.5. The Hall–Kier alpha value is -3.35. The van der Waals surface area contributed by atoms with Gasteiger partial charge in [-0.25, -0.2) is 4.79 Å². The van der Waals surface area contributed by atoms with Crippen LogP contribution in [0.25, 0.3) is 0 Å². The Balaban J connectivity index is 2.06. The van der Waals surface area contributed by atoms with Crippen molar-refractivity contribution in [1.82, 2.24) is 10.6 Å². The van der Waals surface area contributed by atoms with Crippen LogP contribution in [0, 0.1) is 0 Å². The monoisotopic (exact) mass is 369 g/mol. The van der Waals surface area contributed by atoms with Gasteiger partial charge in [0.15, 0.2) is 5.78 Å². The van der Waals surface area contributed by atoms with Crippen molar-refractivity contribution in [2.75, 3.05) is 19.0 Å². The second-order valence-electron chi connectivity index (χ2n) is 6.10. The van der Waals surface area contributed by atoms with E-state index < -0.39 is 11.9 Å². The highest BCUT2D eigenvalue weighted by Gasteiger charge is 2.16. The van der Waals surface area contributed by atoms with Gasteiger partial charge in [-0.15, -0.1) is 0 Å². The molecule has 0 spiro atoms. The van der Waals surface area contributed by atoms with Crippen LogP contribution in [-0.4, -0.2) is 37.4 Å². The van der Waals surface area contributed by atoms with E-state index in [0.717, 1.165) is 0 Å². The third-order valence-corrected chi connectivity index (χ3v) is 3.66. The molecule has 0 unspecified atom stereocenters. The quantitative estimate of drug-likeness (QED) is 0.654. The van der Waals surface area contributed by atoms with Gasteiger partial charge >= 0.3 is 6.03 Å². The van der Waals surface area contributed by atoms with Crippen LogP contribution in [0.5, 0.6) is 5.75 Å². The van der Waals surface area contributed by atoms with Crippen molar-refractivity contribution in [2.24, 2.45) is 0 Å². The van der Waals surface area contributed by atoms with E-state index in [2.05, 4.69) is 16.0 Å². The van der Waals surface area contributed by atoms with Gasteiger partial charge in [-0.1, -0.05) is 24.3 Å². The summed E-state index contributed by atoms with van der Waals surface area (Å²) in [5.41, 5.74) is 1.02. The van der Waals surface area contributed by atoms with Gasteiger partial charge in [0.25, 0.3) is 5.91 Å². The molecule has 142 valence electrons. The van der Waals surface area contributed by atoms with Crippen molar-refractivity contribution in [3.05, 3.63) is 59.7 Å². The summed E-state index contributed by atoms with van der Waals surface area (Å²) in [5, 5.41) is 7.92. The SMILES string of the molecule is COc1ccccc1C(=O)CNC(=O)c1ccccc1NC(=O)NC(C)C. The van der Waals surface area contributed by atoms with E-state index in [1.54, 1.807) is 48.5 Å². The van der Waals surface area contributed by atoms with Gasteiger partial charge in [0.1, 0.15) is 5.75 Å². The molecule has 0 heterocycles. The summed E-state index contributed by atoms with van der Waals surface area (Å²) in [6.45, 7) is 3.48. The maximum Gasteiger partial charge on any atom is 0.319 e. The zero-order chi connectivity index (χ0) is 19.8. The lowest BCUT2D eigenvalue weighted by atomic mass is 10.1. The van der Waals surface area contributed by atoms with Crippen molar-refractivity contribution in [1.29, 1.82) is 0 Å². The number of Topliss-reactive ketones (excluding diaryl/α,β-unsaturated/α-hetero) is 1. The summed E-state index contributed by atoms with van der Waals surface area (Å²) >= 11 is 0. The Bertz CT molecular complexity index is 833. The Morgan fingerprint density at radius 3 is 2.26 bits per heavy atom. The number of ether oxygens (including phenoxy) is 1. The molecule has 2 aromatic rings. The fourth-order valence-electron chi connectivity index (χ4n) is 2.44. The number of methoxy groups -OCH3 is 1. The fourth-order valence-corrected chi connectivity index (χ4v) is 2.44. The number of hydrogen-bond acceptors (Lipinski definition) is 4. The Kier molecular flexibility index (Phi) is 6.93. The third-order valence-electron chi connectivity index (χ3n) is 3.66. The number of carbonyl (C=O) groups excluding carboxylic acids is 3. The van der Waals surface area contributed by atoms with Crippen molar-refractivity contribution in [3.63, 3.8) is 0 Å². The summed E-state index contributed by atoms with van der Waals surface area (Å²) in [6, 6.07) is 13.0. The van der Waals surface area contributed by atoms with Crippen molar-refractivity contribution >= 4 is 23.4 Å². The molecule has 0 bridgehead atoms. The predicted molar refractivity (Wildman–Crippen MR) is 103 cm³/mol. The molecule has 0 radical (unpaired) electrons.